The average molecular weight is 636 g/mol. The minimum absolute atomic E-state index is 0.633. The Morgan fingerprint density at radius 2 is 0.940 bits per heavy atom. The van der Waals surface area contributed by atoms with Crippen molar-refractivity contribution in [1.82, 2.24) is 0 Å². The molecule has 50 heavy (non-hydrogen) atoms. The zero-order chi connectivity index (χ0) is 33.3. The lowest BCUT2D eigenvalue weighted by Gasteiger charge is -2.28. The number of fused-ring (bicyclic) bond motifs is 4. The molecule has 0 fully saturated rings. The van der Waals surface area contributed by atoms with Crippen LogP contribution in [0.15, 0.2) is 200 Å². The fraction of sp³-hybridized carbons (Fsp3) is 0.0204. The summed E-state index contributed by atoms with van der Waals surface area (Å²) in [5.41, 5.74) is 12.2. The van der Waals surface area contributed by atoms with E-state index < -0.39 is 5.41 Å². The van der Waals surface area contributed by atoms with Gasteiger partial charge >= 0.3 is 0 Å². The van der Waals surface area contributed by atoms with E-state index in [1.54, 1.807) is 0 Å². The third-order valence-corrected chi connectivity index (χ3v) is 9.90. The van der Waals surface area contributed by atoms with Crippen molar-refractivity contribution in [1.29, 1.82) is 0 Å². The van der Waals surface area contributed by atoms with Crippen LogP contribution in [0.5, 0.6) is 0 Å². The number of hydrogen-bond acceptors (Lipinski definition) is 1. The van der Waals surface area contributed by atoms with Gasteiger partial charge in [-0.2, -0.15) is 0 Å². The fourth-order valence-corrected chi connectivity index (χ4v) is 7.65. The van der Waals surface area contributed by atoms with E-state index in [9.17, 15) is 0 Å². The Morgan fingerprint density at radius 3 is 1.64 bits per heavy atom. The molecule has 0 heterocycles. The highest BCUT2D eigenvalue weighted by Crippen LogP contribution is 2.53. The molecular weight excluding hydrogens is 603 g/mol. The molecule has 0 bridgehead atoms. The molecule has 234 valence electrons. The normalized spacial score (nSPS) is 14.3. The molecule has 9 rings (SSSR count). The van der Waals surface area contributed by atoms with Gasteiger partial charge in [-0.15, -0.1) is 0 Å². The second kappa shape index (κ2) is 12.4. The van der Waals surface area contributed by atoms with Crippen molar-refractivity contribution in [2.75, 3.05) is 4.90 Å². The SMILES string of the molecule is C(#CC1(c2ccccc2)c2ccccc2-c2ccc(-c3ccc(N(c4ccccc4)c4ccccc4)c4ccccc34)cc21)c1ccccc1. The first-order valence-electron chi connectivity index (χ1n) is 17.1. The summed E-state index contributed by atoms with van der Waals surface area (Å²) in [6, 6.07) is 71.5. The highest BCUT2D eigenvalue weighted by atomic mass is 15.1. The van der Waals surface area contributed by atoms with Crippen molar-refractivity contribution in [3.05, 3.63) is 222 Å². The van der Waals surface area contributed by atoms with Gasteiger partial charge in [0.2, 0.25) is 0 Å². The Balaban J connectivity index is 1.27. The molecule has 8 aromatic rings. The number of anilines is 3. The van der Waals surface area contributed by atoms with Crippen LogP contribution in [0.3, 0.4) is 0 Å². The minimum atomic E-state index is -0.633. The van der Waals surface area contributed by atoms with Gasteiger partial charge in [-0.05, 0) is 92.9 Å². The van der Waals surface area contributed by atoms with Crippen LogP contribution in [0, 0.1) is 11.8 Å². The van der Waals surface area contributed by atoms with Gasteiger partial charge in [0.15, 0.2) is 0 Å². The highest BCUT2D eigenvalue weighted by Gasteiger charge is 2.43. The molecule has 0 aromatic heterocycles. The first-order chi connectivity index (χ1) is 24.8. The molecular formula is C49H33N. The summed E-state index contributed by atoms with van der Waals surface area (Å²) in [5.74, 6) is 7.45. The molecule has 1 aliphatic carbocycles. The Labute approximate surface area is 293 Å². The fourth-order valence-electron chi connectivity index (χ4n) is 7.65. The Hall–Kier alpha value is -6.62. The summed E-state index contributed by atoms with van der Waals surface area (Å²) in [6.07, 6.45) is 0. The maximum Gasteiger partial charge on any atom is 0.108 e. The van der Waals surface area contributed by atoms with E-state index in [1.807, 2.05) is 6.07 Å². The number of para-hydroxylation sites is 2. The number of hydrogen-bond donors (Lipinski definition) is 0. The zero-order valence-electron chi connectivity index (χ0n) is 27.5. The van der Waals surface area contributed by atoms with Gasteiger partial charge in [0.1, 0.15) is 5.41 Å². The third kappa shape index (κ3) is 4.90. The van der Waals surface area contributed by atoms with E-state index in [0.29, 0.717) is 0 Å². The summed E-state index contributed by atoms with van der Waals surface area (Å²) < 4.78 is 0. The highest BCUT2D eigenvalue weighted by molar-refractivity contribution is 6.06. The standard InChI is InChI=1S/C49H33N/c1-5-17-36(18-6-1)33-34-49(38-19-7-2-8-20-38)46-28-16-15-26-43(46)44-30-29-37(35-47(44)49)41-31-32-48(45-27-14-13-25-42(41)45)50(39-21-9-3-10-22-39)40-23-11-4-12-24-40/h1-32,35H. The van der Waals surface area contributed by atoms with E-state index in [0.717, 1.165) is 22.6 Å². The van der Waals surface area contributed by atoms with Crippen LogP contribution in [-0.2, 0) is 5.41 Å². The number of nitrogens with zero attached hydrogens (tertiary/aromatic N) is 1. The van der Waals surface area contributed by atoms with Crippen molar-refractivity contribution >= 4 is 27.8 Å². The Morgan fingerprint density at radius 1 is 0.400 bits per heavy atom. The first kappa shape index (κ1) is 29.5. The third-order valence-electron chi connectivity index (χ3n) is 9.90. The van der Waals surface area contributed by atoms with Crippen LogP contribution in [0.25, 0.3) is 33.0 Å². The summed E-state index contributed by atoms with van der Waals surface area (Å²) in [6.45, 7) is 0. The van der Waals surface area contributed by atoms with Gasteiger partial charge in [-0.1, -0.05) is 164 Å². The molecule has 1 heteroatoms. The molecule has 1 aliphatic rings. The Kier molecular flexibility index (Phi) is 7.34. The van der Waals surface area contributed by atoms with Crippen molar-refractivity contribution in [2.45, 2.75) is 5.41 Å². The number of benzene rings is 8. The summed E-state index contributed by atoms with van der Waals surface area (Å²) >= 11 is 0. The van der Waals surface area contributed by atoms with Gasteiger partial charge in [-0.25, -0.2) is 0 Å². The molecule has 0 saturated carbocycles. The van der Waals surface area contributed by atoms with Gasteiger partial charge in [0, 0.05) is 22.3 Å². The second-order valence-corrected chi connectivity index (χ2v) is 12.7. The monoisotopic (exact) mass is 635 g/mol. The van der Waals surface area contributed by atoms with Crippen molar-refractivity contribution in [3.63, 3.8) is 0 Å². The molecule has 1 atom stereocenters. The Bertz CT molecular complexity index is 2490. The maximum absolute atomic E-state index is 3.86. The van der Waals surface area contributed by atoms with Crippen molar-refractivity contribution in [2.24, 2.45) is 0 Å². The molecule has 0 spiro atoms. The molecule has 1 nitrogen and oxygen atoms in total. The predicted molar refractivity (Wildman–Crippen MR) is 209 cm³/mol. The van der Waals surface area contributed by atoms with Gasteiger partial charge in [0.25, 0.3) is 0 Å². The van der Waals surface area contributed by atoms with Crippen LogP contribution in [0.4, 0.5) is 17.1 Å². The lowest BCUT2D eigenvalue weighted by molar-refractivity contribution is 0.837. The first-order valence-corrected chi connectivity index (χ1v) is 17.1. The zero-order valence-corrected chi connectivity index (χ0v) is 27.5. The van der Waals surface area contributed by atoms with Crippen molar-refractivity contribution < 1.29 is 0 Å². The largest absolute Gasteiger partial charge is 0.310 e. The molecule has 0 radical (unpaired) electrons. The summed E-state index contributed by atoms with van der Waals surface area (Å²) in [4.78, 5) is 2.35. The van der Waals surface area contributed by atoms with E-state index in [-0.39, 0.29) is 0 Å². The van der Waals surface area contributed by atoms with Crippen LogP contribution in [0.2, 0.25) is 0 Å². The lowest BCUT2D eigenvalue weighted by Crippen LogP contribution is -2.25. The van der Waals surface area contributed by atoms with Crippen LogP contribution >= 0.6 is 0 Å². The van der Waals surface area contributed by atoms with Crippen LogP contribution in [-0.4, -0.2) is 0 Å². The molecule has 0 amide bonds. The second-order valence-electron chi connectivity index (χ2n) is 12.7. The van der Waals surface area contributed by atoms with E-state index in [2.05, 4.69) is 211 Å². The molecule has 0 saturated heterocycles. The summed E-state index contributed by atoms with van der Waals surface area (Å²) in [5, 5.41) is 2.40. The average Bonchev–Trinajstić information content (AvgIpc) is 3.48. The van der Waals surface area contributed by atoms with Gasteiger partial charge in [0.05, 0.1) is 5.69 Å². The molecule has 0 N–H and O–H groups in total. The van der Waals surface area contributed by atoms with E-state index in [4.69, 9.17) is 0 Å². The van der Waals surface area contributed by atoms with E-state index >= 15 is 0 Å². The van der Waals surface area contributed by atoms with Crippen LogP contribution < -0.4 is 4.90 Å². The van der Waals surface area contributed by atoms with E-state index in [1.165, 1.54) is 49.7 Å². The molecule has 0 aliphatic heterocycles. The van der Waals surface area contributed by atoms with Crippen molar-refractivity contribution in [3.8, 4) is 34.1 Å². The maximum atomic E-state index is 3.86. The van der Waals surface area contributed by atoms with Gasteiger partial charge in [-0.3, -0.25) is 0 Å². The molecule has 1 unspecified atom stereocenters. The minimum Gasteiger partial charge on any atom is -0.310 e. The smallest absolute Gasteiger partial charge is 0.108 e. The summed E-state index contributed by atoms with van der Waals surface area (Å²) in [7, 11) is 0. The number of rotatable bonds is 5. The topological polar surface area (TPSA) is 3.24 Å². The van der Waals surface area contributed by atoms with Crippen LogP contribution in [0.1, 0.15) is 22.3 Å². The van der Waals surface area contributed by atoms with Gasteiger partial charge < -0.3 is 4.90 Å². The molecule has 8 aromatic carbocycles. The lowest BCUT2D eigenvalue weighted by atomic mass is 9.72. The quantitative estimate of drug-likeness (QED) is 0.170. The predicted octanol–water partition coefficient (Wildman–Crippen LogP) is 12.3.